The minimum Gasteiger partial charge on any atom is -0.479 e. The van der Waals surface area contributed by atoms with E-state index in [1.807, 2.05) is 0 Å². The number of ether oxygens (including phenoxy) is 3. The van der Waals surface area contributed by atoms with Crippen LogP contribution in [0.15, 0.2) is 46.9 Å². The molecule has 0 aliphatic rings. The molecular weight excluding hydrogens is 435 g/mol. The van der Waals surface area contributed by atoms with Crippen molar-refractivity contribution in [3.8, 4) is 34.6 Å². The van der Waals surface area contributed by atoms with Gasteiger partial charge < -0.3 is 19.3 Å². The third-order valence-corrected chi connectivity index (χ3v) is 4.28. The van der Waals surface area contributed by atoms with Gasteiger partial charge in [-0.2, -0.15) is 14.4 Å². The van der Waals surface area contributed by atoms with Crippen molar-refractivity contribution in [1.82, 2.24) is 9.97 Å². The van der Waals surface area contributed by atoms with Gasteiger partial charge in [0.1, 0.15) is 11.3 Å². The van der Waals surface area contributed by atoms with Gasteiger partial charge in [0.2, 0.25) is 5.82 Å². The van der Waals surface area contributed by atoms with E-state index in [2.05, 4.69) is 25.9 Å². The summed E-state index contributed by atoms with van der Waals surface area (Å²) in [5.41, 5.74) is 1.04. The van der Waals surface area contributed by atoms with E-state index in [9.17, 15) is 14.3 Å². The lowest BCUT2D eigenvalue weighted by molar-refractivity contribution is 0.0695. The summed E-state index contributed by atoms with van der Waals surface area (Å²) in [4.78, 5) is 19.5. The molecule has 1 aromatic heterocycles. The van der Waals surface area contributed by atoms with Crippen LogP contribution >= 0.6 is 15.9 Å². The average Bonchev–Trinajstić information content (AvgIpc) is 2.69. The van der Waals surface area contributed by atoms with Crippen LogP contribution in [0.5, 0.6) is 23.5 Å². The molecule has 9 heteroatoms. The Hall–Kier alpha value is -3.20. The van der Waals surface area contributed by atoms with Gasteiger partial charge in [-0.1, -0.05) is 40.2 Å². The zero-order valence-electron chi connectivity index (χ0n) is 14.8. The maximum atomic E-state index is 14.0. The Balaban J connectivity index is 2.09. The third-order valence-electron chi connectivity index (χ3n) is 3.75. The summed E-state index contributed by atoms with van der Waals surface area (Å²) in [5, 5.41) is 9.75. The summed E-state index contributed by atoms with van der Waals surface area (Å²) < 4.78 is 30.1. The highest BCUT2D eigenvalue weighted by molar-refractivity contribution is 9.10. The lowest BCUT2D eigenvalue weighted by atomic mass is 9.99. The Kier molecular flexibility index (Phi) is 5.74. The smallest absolute Gasteiger partial charge is 0.340 e. The van der Waals surface area contributed by atoms with Crippen molar-refractivity contribution in [2.45, 2.75) is 0 Å². The number of rotatable bonds is 6. The Labute approximate surface area is 167 Å². The summed E-state index contributed by atoms with van der Waals surface area (Å²) >= 11 is 3.35. The van der Waals surface area contributed by atoms with Crippen LogP contribution < -0.4 is 14.2 Å². The monoisotopic (exact) mass is 448 g/mol. The Morgan fingerprint density at radius 2 is 1.64 bits per heavy atom. The molecule has 3 aromatic rings. The van der Waals surface area contributed by atoms with Gasteiger partial charge >= 0.3 is 12.0 Å². The van der Waals surface area contributed by atoms with Gasteiger partial charge in [0.05, 0.1) is 14.2 Å². The van der Waals surface area contributed by atoms with E-state index in [1.165, 1.54) is 20.3 Å². The molecule has 0 aliphatic heterocycles. The van der Waals surface area contributed by atoms with Crippen molar-refractivity contribution < 1.29 is 28.5 Å². The first-order chi connectivity index (χ1) is 13.4. The number of aromatic nitrogens is 2. The molecule has 0 saturated heterocycles. The molecule has 0 unspecified atom stereocenters. The van der Waals surface area contributed by atoms with E-state index in [0.29, 0.717) is 11.1 Å². The van der Waals surface area contributed by atoms with Crippen molar-refractivity contribution >= 4 is 21.9 Å². The second-order valence-corrected chi connectivity index (χ2v) is 6.35. The van der Waals surface area contributed by atoms with Crippen molar-refractivity contribution in [3.63, 3.8) is 0 Å². The molecule has 0 bridgehead atoms. The topological polar surface area (TPSA) is 90.8 Å². The lowest BCUT2D eigenvalue weighted by Gasteiger charge is -2.13. The number of carboxylic acid groups (broad SMARTS) is 1. The number of carbonyl (C=O) groups is 1. The first-order valence-electron chi connectivity index (χ1n) is 7.90. The fourth-order valence-corrected chi connectivity index (χ4v) is 2.77. The summed E-state index contributed by atoms with van der Waals surface area (Å²) in [6.45, 7) is 0. The SMILES string of the molecule is COc1nc(Oc2cccc(-c3ccc(Br)cc3)c2C(=O)O)nc(OC)c1F. The number of carboxylic acids is 1. The molecule has 3 rings (SSSR count). The maximum Gasteiger partial charge on any atom is 0.340 e. The van der Waals surface area contributed by atoms with Gasteiger partial charge in [0.15, 0.2) is 0 Å². The lowest BCUT2D eigenvalue weighted by Crippen LogP contribution is -2.06. The minimum atomic E-state index is -1.20. The molecule has 0 saturated carbocycles. The second-order valence-electron chi connectivity index (χ2n) is 5.43. The summed E-state index contributed by atoms with van der Waals surface area (Å²) in [5.74, 6) is -2.87. The second kappa shape index (κ2) is 8.22. The molecule has 0 spiro atoms. The zero-order valence-corrected chi connectivity index (χ0v) is 16.4. The van der Waals surface area contributed by atoms with Crippen molar-refractivity contribution in [1.29, 1.82) is 0 Å². The summed E-state index contributed by atoms with van der Waals surface area (Å²) in [6, 6.07) is 11.6. The van der Waals surface area contributed by atoms with Crippen LogP contribution in [0.25, 0.3) is 11.1 Å². The number of hydrogen-bond donors (Lipinski definition) is 1. The van der Waals surface area contributed by atoms with Crippen LogP contribution in [0.2, 0.25) is 0 Å². The number of methoxy groups -OCH3 is 2. The van der Waals surface area contributed by atoms with Crippen LogP contribution in [0.4, 0.5) is 4.39 Å². The molecule has 0 fully saturated rings. The first-order valence-corrected chi connectivity index (χ1v) is 8.69. The molecule has 0 radical (unpaired) electrons. The maximum absolute atomic E-state index is 14.0. The number of nitrogens with zero attached hydrogens (tertiary/aromatic N) is 2. The number of halogens is 2. The molecule has 7 nitrogen and oxygen atoms in total. The highest BCUT2D eigenvalue weighted by Gasteiger charge is 2.22. The largest absolute Gasteiger partial charge is 0.479 e. The van der Waals surface area contributed by atoms with Crippen LogP contribution in [0.3, 0.4) is 0 Å². The van der Waals surface area contributed by atoms with Crippen molar-refractivity contribution in [2.24, 2.45) is 0 Å². The van der Waals surface area contributed by atoms with E-state index in [1.54, 1.807) is 36.4 Å². The zero-order chi connectivity index (χ0) is 20.3. The normalized spacial score (nSPS) is 10.4. The standard InChI is InChI=1S/C19H14BrFN2O5/c1-26-16-15(21)17(27-2)23-19(22-16)28-13-5-3-4-12(14(13)18(24)25)10-6-8-11(20)9-7-10/h3-9H,1-2H3,(H,24,25). The van der Waals surface area contributed by atoms with E-state index in [0.717, 1.165) is 4.47 Å². The van der Waals surface area contributed by atoms with Gasteiger partial charge in [-0.25, -0.2) is 4.79 Å². The highest BCUT2D eigenvalue weighted by atomic mass is 79.9. The number of benzene rings is 2. The fraction of sp³-hybridized carbons (Fsp3) is 0.105. The van der Waals surface area contributed by atoms with E-state index in [4.69, 9.17) is 14.2 Å². The molecular formula is C19H14BrFN2O5. The van der Waals surface area contributed by atoms with E-state index >= 15 is 0 Å². The van der Waals surface area contributed by atoms with Crippen molar-refractivity contribution in [3.05, 3.63) is 58.3 Å². The van der Waals surface area contributed by atoms with E-state index in [-0.39, 0.29) is 29.1 Å². The van der Waals surface area contributed by atoms with E-state index < -0.39 is 11.8 Å². The predicted octanol–water partition coefficient (Wildman–Crippen LogP) is 4.55. The molecule has 0 amide bonds. The molecule has 2 aromatic carbocycles. The summed E-state index contributed by atoms with van der Waals surface area (Å²) in [6.07, 6.45) is 0. The number of hydrogen-bond acceptors (Lipinski definition) is 6. The molecule has 1 N–H and O–H groups in total. The predicted molar refractivity (Wildman–Crippen MR) is 102 cm³/mol. The molecule has 0 aliphatic carbocycles. The quantitative estimate of drug-likeness (QED) is 0.591. The molecule has 28 heavy (non-hydrogen) atoms. The van der Waals surface area contributed by atoms with Crippen LogP contribution in [-0.4, -0.2) is 35.3 Å². The Morgan fingerprint density at radius 3 is 2.18 bits per heavy atom. The Morgan fingerprint density at radius 1 is 1.04 bits per heavy atom. The first kappa shape index (κ1) is 19.6. The van der Waals surface area contributed by atoms with Crippen molar-refractivity contribution in [2.75, 3.05) is 14.2 Å². The van der Waals surface area contributed by atoms with Gasteiger partial charge in [0.25, 0.3) is 11.8 Å². The van der Waals surface area contributed by atoms with Gasteiger partial charge in [-0.05, 0) is 29.3 Å². The van der Waals surface area contributed by atoms with Gasteiger partial charge in [-0.15, -0.1) is 0 Å². The highest BCUT2D eigenvalue weighted by Crippen LogP contribution is 2.34. The van der Waals surface area contributed by atoms with Gasteiger partial charge in [-0.3, -0.25) is 0 Å². The molecule has 0 atom stereocenters. The fourth-order valence-electron chi connectivity index (χ4n) is 2.51. The number of aromatic carboxylic acids is 1. The van der Waals surface area contributed by atoms with Crippen LogP contribution in [0.1, 0.15) is 10.4 Å². The van der Waals surface area contributed by atoms with Gasteiger partial charge in [0, 0.05) is 4.47 Å². The minimum absolute atomic E-state index is 0.0105. The Bertz CT molecular complexity index is 1000. The third kappa shape index (κ3) is 3.89. The average molecular weight is 449 g/mol. The van der Waals surface area contributed by atoms with Crippen LogP contribution in [-0.2, 0) is 0 Å². The molecule has 1 heterocycles. The van der Waals surface area contributed by atoms with Crippen LogP contribution in [0, 0.1) is 5.82 Å². The summed E-state index contributed by atoms with van der Waals surface area (Å²) in [7, 11) is 2.46. The molecule has 144 valence electrons.